The average molecular weight is 299 g/mol. The van der Waals surface area contributed by atoms with Gasteiger partial charge in [-0.25, -0.2) is 4.98 Å². The van der Waals surface area contributed by atoms with Crippen LogP contribution in [0.2, 0.25) is 4.47 Å². The lowest BCUT2D eigenvalue weighted by atomic mass is 10.2. The van der Waals surface area contributed by atoms with E-state index in [0.717, 1.165) is 10.6 Å². The van der Waals surface area contributed by atoms with Crippen LogP contribution in [0.3, 0.4) is 0 Å². The zero-order valence-electron chi connectivity index (χ0n) is 10.0. The molecule has 6 nitrogen and oxygen atoms in total. The second-order valence-corrected chi connectivity index (χ2v) is 5.37. The van der Waals surface area contributed by atoms with Crippen molar-refractivity contribution in [1.82, 2.24) is 4.98 Å². The number of anilines is 2. The molecule has 0 saturated heterocycles. The van der Waals surface area contributed by atoms with Crippen molar-refractivity contribution in [1.29, 1.82) is 0 Å². The Kier molecular flexibility index (Phi) is 4.18. The number of rotatable bonds is 5. The van der Waals surface area contributed by atoms with Crippen LogP contribution < -0.4 is 10.6 Å². The van der Waals surface area contributed by atoms with E-state index < -0.39 is 4.92 Å². The van der Waals surface area contributed by atoms with E-state index in [-0.39, 0.29) is 5.69 Å². The van der Waals surface area contributed by atoms with Crippen molar-refractivity contribution in [2.24, 2.45) is 0 Å². The summed E-state index contributed by atoms with van der Waals surface area (Å²) < 4.78 is 0.477. The van der Waals surface area contributed by atoms with Gasteiger partial charge in [-0.2, -0.15) is 0 Å². The molecular weight excluding hydrogens is 288 g/mol. The highest BCUT2D eigenvalue weighted by Gasteiger charge is 2.10. The van der Waals surface area contributed by atoms with Crippen molar-refractivity contribution >= 4 is 40.0 Å². The minimum absolute atomic E-state index is 0.0452. The van der Waals surface area contributed by atoms with Crippen LogP contribution in [0.15, 0.2) is 24.4 Å². The van der Waals surface area contributed by atoms with Crippen LogP contribution in [0.4, 0.5) is 17.1 Å². The van der Waals surface area contributed by atoms with Crippen molar-refractivity contribution in [3.63, 3.8) is 0 Å². The summed E-state index contributed by atoms with van der Waals surface area (Å²) in [6, 6.07) is 4.62. The first-order chi connectivity index (χ1) is 9.10. The number of nitro groups is 1. The van der Waals surface area contributed by atoms with Gasteiger partial charge in [-0.1, -0.05) is 11.6 Å². The summed E-state index contributed by atoms with van der Waals surface area (Å²) in [7, 11) is 1.76. The molecule has 0 unspecified atom stereocenters. The number of nitro benzene ring substituents is 1. The van der Waals surface area contributed by atoms with Gasteiger partial charge >= 0.3 is 0 Å². The monoisotopic (exact) mass is 298 g/mol. The molecule has 1 heterocycles. The largest absolute Gasteiger partial charge is 0.386 e. The van der Waals surface area contributed by atoms with Gasteiger partial charge in [0.15, 0.2) is 4.47 Å². The Balaban J connectivity index is 2.17. The van der Waals surface area contributed by atoms with Gasteiger partial charge in [0, 0.05) is 30.3 Å². The zero-order valence-corrected chi connectivity index (χ0v) is 11.6. The number of nitrogens with one attached hydrogen (secondary N) is 2. The van der Waals surface area contributed by atoms with Crippen LogP contribution in [0.25, 0.3) is 0 Å². The lowest BCUT2D eigenvalue weighted by molar-refractivity contribution is -0.384. The third-order valence-electron chi connectivity index (χ3n) is 2.46. The first-order valence-corrected chi connectivity index (χ1v) is 6.60. The summed E-state index contributed by atoms with van der Waals surface area (Å²) >= 11 is 7.11. The van der Waals surface area contributed by atoms with Crippen molar-refractivity contribution in [3.8, 4) is 0 Å². The van der Waals surface area contributed by atoms with Crippen molar-refractivity contribution in [3.05, 3.63) is 43.9 Å². The Hall–Kier alpha value is -1.86. The highest BCUT2D eigenvalue weighted by molar-refractivity contribution is 7.15. The van der Waals surface area contributed by atoms with Crippen LogP contribution in [0.5, 0.6) is 0 Å². The smallest absolute Gasteiger partial charge is 0.271 e. The van der Waals surface area contributed by atoms with Crippen LogP contribution in [-0.4, -0.2) is 17.0 Å². The molecule has 0 saturated carbocycles. The molecule has 0 amide bonds. The molecule has 1 aromatic heterocycles. The molecule has 8 heteroatoms. The average Bonchev–Trinajstić information content (AvgIpc) is 2.81. The molecule has 0 atom stereocenters. The summed E-state index contributed by atoms with van der Waals surface area (Å²) in [5.74, 6) is 0. The number of hydrogen-bond acceptors (Lipinski definition) is 6. The molecule has 0 aliphatic heterocycles. The second-order valence-electron chi connectivity index (χ2n) is 3.67. The maximum Gasteiger partial charge on any atom is 0.271 e. The fourth-order valence-electron chi connectivity index (χ4n) is 1.56. The van der Waals surface area contributed by atoms with Crippen LogP contribution in [0.1, 0.15) is 4.88 Å². The maximum atomic E-state index is 10.8. The second kappa shape index (κ2) is 5.85. The molecule has 0 spiro atoms. The molecule has 0 fully saturated rings. The number of aromatic nitrogens is 1. The van der Waals surface area contributed by atoms with E-state index >= 15 is 0 Å². The predicted molar refractivity (Wildman–Crippen MR) is 77.1 cm³/mol. The summed E-state index contributed by atoms with van der Waals surface area (Å²) in [4.78, 5) is 15.2. The number of thiazole rings is 1. The van der Waals surface area contributed by atoms with Gasteiger partial charge in [0.2, 0.25) is 0 Å². The topological polar surface area (TPSA) is 80.1 Å². The van der Waals surface area contributed by atoms with E-state index in [2.05, 4.69) is 15.6 Å². The quantitative estimate of drug-likeness (QED) is 0.653. The molecule has 2 rings (SSSR count). The third-order valence-corrected chi connectivity index (χ3v) is 3.58. The van der Waals surface area contributed by atoms with E-state index in [0.29, 0.717) is 16.7 Å². The molecule has 0 radical (unpaired) electrons. The molecule has 2 N–H and O–H groups in total. The standard InChI is InChI=1S/C11H11ClN4O2S/c1-13-9-3-2-7(16(17)18)4-10(9)14-5-8-6-15-11(12)19-8/h2-4,6,13-14H,5H2,1H3. The molecule has 0 aliphatic carbocycles. The maximum absolute atomic E-state index is 10.8. The predicted octanol–water partition coefficient (Wildman–Crippen LogP) is 3.36. The number of halogens is 1. The summed E-state index contributed by atoms with van der Waals surface area (Å²) in [5.41, 5.74) is 1.51. The van der Waals surface area contributed by atoms with Crippen molar-refractivity contribution < 1.29 is 4.92 Å². The van der Waals surface area contributed by atoms with Gasteiger partial charge in [-0.05, 0) is 6.07 Å². The first kappa shape index (κ1) is 13.6. The van der Waals surface area contributed by atoms with Crippen LogP contribution in [0, 0.1) is 10.1 Å². The van der Waals surface area contributed by atoms with Gasteiger partial charge in [0.05, 0.1) is 22.8 Å². The Morgan fingerprint density at radius 1 is 1.47 bits per heavy atom. The van der Waals surface area contributed by atoms with E-state index in [1.165, 1.54) is 23.5 Å². The third kappa shape index (κ3) is 3.33. The number of benzene rings is 1. The van der Waals surface area contributed by atoms with Gasteiger partial charge in [0.1, 0.15) is 0 Å². The molecule has 0 bridgehead atoms. The lowest BCUT2D eigenvalue weighted by Crippen LogP contribution is -2.02. The Morgan fingerprint density at radius 3 is 2.84 bits per heavy atom. The van der Waals surface area contributed by atoms with E-state index in [9.17, 15) is 10.1 Å². The minimum Gasteiger partial charge on any atom is -0.386 e. The summed E-state index contributed by atoms with van der Waals surface area (Å²) in [6.07, 6.45) is 1.68. The Bertz CT molecular complexity index is 602. The first-order valence-electron chi connectivity index (χ1n) is 5.40. The van der Waals surface area contributed by atoms with E-state index in [1.807, 2.05) is 0 Å². The van der Waals surface area contributed by atoms with E-state index in [1.54, 1.807) is 19.3 Å². The zero-order chi connectivity index (χ0) is 13.8. The highest BCUT2D eigenvalue weighted by Crippen LogP contribution is 2.28. The van der Waals surface area contributed by atoms with Crippen LogP contribution >= 0.6 is 22.9 Å². The number of hydrogen-bond donors (Lipinski definition) is 2. The number of non-ortho nitro benzene ring substituents is 1. The summed E-state index contributed by atoms with van der Waals surface area (Å²) in [5, 5.41) is 16.9. The van der Waals surface area contributed by atoms with Crippen molar-refractivity contribution in [2.45, 2.75) is 6.54 Å². The normalized spacial score (nSPS) is 10.2. The highest BCUT2D eigenvalue weighted by atomic mass is 35.5. The van der Waals surface area contributed by atoms with Gasteiger partial charge in [0.25, 0.3) is 5.69 Å². The Labute approximate surface area is 118 Å². The SMILES string of the molecule is CNc1ccc([N+](=O)[O-])cc1NCc1cnc(Cl)s1. The fourth-order valence-corrected chi connectivity index (χ4v) is 2.48. The van der Waals surface area contributed by atoms with E-state index in [4.69, 9.17) is 11.6 Å². The molecule has 2 aromatic rings. The molecule has 100 valence electrons. The van der Waals surface area contributed by atoms with Crippen molar-refractivity contribution in [2.75, 3.05) is 17.7 Å². The van der Waals surface area contributed by atoms with Gasteiger partial charge < -0.3 is 10.6 Å². The lowest BCUT2D eigenvalue weighted by Gasteiger charge is -2.10. The minimum atomic E-state index is -0.422. The molecular formula is C11H11ClN4O2S. The van der Waals surface area contributed by atoms with Gasteiger partial charge in [-0.3, -0.25) is 10.1 Å². The van der Waals surface area contributed by atoms with Gasteiger partial charge in [-0.15, -0.1) is 11.3 Å². The fraction of sp³-hybridized carbons (Fsp3) is 0.182. The number of nitrogens with zero attached hydrogens (tertiary/aromatic N) is 2. The Morgan fingerprint density at radius 2 is 2.26 bits per heavy atom. The molecule has 19 heavy (non-hydrogen) atoms. The molecule has 0 aliphatic rings. The molecule has 1 aromatic carbocycles. The summed E-state index contributed by atoms with van der Waals surface area (Å²) in [6.45, 7) is 0.514. The van der Waals surface area contributed by atoms with Crippen LogP contribution in [-0.2, 0) is 6.54 Å².